The van der Waals surface area contributed by atoms with E-state index >= 15 is 0 Å². The number of aromatic nitrogens is 3. The first kappa shape index (κ1) is 20.6. The zero-order valence-corrected chi connectivity index (χ0v) is 15.4. The molecule has 0 spiro atoms. The number of nitrogens with zero attached hydrogens (tertiary/aromatic N) is 3. The molecular weight excluding hydrogens is 385 g/mol. The Morgan fingerprint density at radius 2 is 1.93 bits per heavy atom. The number of amides is 3. The van der Waals surface area contributed by atoms with Crippen LogP contribution in [0.5, 0.6) is 0 Å². The zero-order chi connectivity index (χ0) is 20.4. The summed E-state index contributed by atoms with van der Waals surface area (Å²) in [4.78, 5) is 24.0. The Hall–Kier alpha value is -2.76. The predicted molar refractivity (Wildman–Crippen MR) is 93.6 cm³/mol. The molecule has 1 atom stereocenters. The zero-order valence-electron chi connectivity index (χ0n) is 14.6. The first-order chi connectivity index (χ1) is 12.5. The third kappa shape index (κ3) is 5.12. The molecule has 0 saturated carbocycles. The number of aryl methyl sites for hydroxylation is 2. The number of nitrogens with one attached hydrogen (secondary N) is 2. The molecule has 8 nitrogen and oxygen atoms in total. The van der Waals surface area contributed by atoms with E-state index in [1.54, 1.807) is 19.1 Å². The van der Waals surface area contributed by atoms with Gasteiger partial charge in [-0.3, -0.25) is 10.1 Å². The number of alkyl halides is 3. The lowest BCUT2D eigenvalue weighted by Gasteiger charge is -2.13. The number of hydrogen-bond acceptors (Lipinski definition) is 6. The molecule has 2 aromatic rings. The highest BCUT2D eigenvalue weighted by atomic mass is 32.2. The Morgan fingerprint density at radius 3 is 2.48 bits per heavy atom. The van der Waals surface area contributed by atoms with Crippen molar-refractivity contribution < 1.29 is 22.8 Å². The summed E-state index contributed by atoms with van der Waals surface area (Å²) >= 11 is 0.641. The van der Waals surface area contributed by atoms with Gasteiger partial charge in [0.1, 0.15) is 0 Å². The fraction of sp³-hybridized carbons (Fsp3) is 0.333. The van der Waals surface area contributed by atoms with Gasteiger partial charge in [-0.05, 0) is 32.4 Å². The SMILES string of the molecule is Cc1ccc(NC(=O)NC(=O)C(C)Sc2nnc(C(F)(F)F)n2N)c(C)c1. The summed E-state index contributed by atoms with van der Waals surface area (Å²) < 4.78 is 38.2. The van der Waals surface area contributed by atoms with Crippen molar-refractivity contribution in [3.05, 3.63) is 35.2 Å². The van der Waals surface area contributed by atoms with Gasteiger partial charge in [-0.25, -0.2) is 9.47 Å². The first-order valence-corrected chi connectivity index (χ1v) is 8.50. The second-order valence-corrected chi connectivity index (χ2v) is 7.00. The minimum absolute atomic E-state index is 0.254. The molecule has 0 saturated heterocycles. The van der Waals surface area contributed by atoms with Gasteiger partial charge in [0.05, 0.1) is 5.25 Å². The maximum absolute atomic E-state index is 12.6. The van der Waals surface area contributed by atoms with Crippen LogP contribution in [0.2, 0.25) is 0 Å². The molecule has 1 unspecified atom stereocenters. The van der Waals surface area contributed by atoms with E-state index in [2.05, 4.69) is 20.8 Å². The molecule has 0 aliphatic heterocycles. The van der Waals surface area contributed by atoms with Gasteiger partial charge in [0.25, 0.3) is 5.82 Å². The van der Waals surface area contributed by atoms with Crippen molar-refractivity contribution >= 4 is 29.4 Å². The van der Waals surface area contributed by atoms with Crippen LogP contribution in [0, 0.1) is 13.8 Å². The molecule has 3 amide bonds. The van der Waals surface area contributed by atoms with Crippen molar-refractivity contribution in [1.29, 1.82) is 0 Å². The number of halogens is 3. The van der Waals surface area contributed by atoms with Crippen molar-refractivity contribution in [1.82, 2.24) is 20.2 Å². The van der Waals surface area contributed by atoms with Crippen LogP contribution < -0.4 is 16.5 Å². The summed E-state index contributed by atoms with van der Waals surface area (Å²) in [5.74, 6) is 3.20. The molecule has 12 heteroatoms. The number of urea groups is 1. The average molecular weight is 402 g/mol. The van der Waals surface area contributed by atoms with Crippen molar-refractivity contribution in [2.45, 2.75) is 37.4 Å². The van der Waals surface area contributed by atoms with E-state index in [1.807, 2.05) is 13.0 Å². The third-order valence-electron chi connectivity index (χ3n) is 3.44. The third-order valence-corrected chi connectivity index (χ3v) is 4.49. The molecular formula is C15H17F3N6O2S. The van der Waals surface area contributed by atoms with Crippen LogP contribution in [0.15, 0.2) is 23.4 Å². The lowest BCUT2D eigenvalue weighted by atomic mass is 10.1. The first-order valence-electron chi connectivity index (χ1n) is 7.62. The van der Waals surface area contributed by atoms with Crippen molar-refractivity contribution in [2.75, 3.05) is 11.2 Å². The lowest BCUT2D eigenvalue weighted by Crippen LogP contribution is -2.39. The summed E-state index contributed by atoms with van der Waals surface area (Å²) in [5.41, 5.74) is 2.36. The number of rotatable bonds is 4. The average Bonchev–Trinajstić information content (AvgIpc) is 2.91. The second kappa shape index (κ2) is 7.86. The standard InChI is InChI=1S/C15H17F3N6O2S/c1-7-4-5-10(8(2)6-7)20-13(26)21-11(25)9(3)27-14-23-22-12(24(14)19)15(16,17)18/h4-6,9H,19H2,1-3H3,(H2,20,21,25,26). The Balaban J connectivity index is 1.97. The van der Waals surface area contributed by atoms with Crippen molar-refractivity contribution in [3.8, 4) is 0 Å². The quantitative estimate of drug-likeness (QED) is 0.535. The van der Waals surface area contributed by atoms with Crippen LogP contribution in [0.3, 0.4) is 0 Å². The van der Waals surface area contributed by atoms with Gasteiger partial charge in [0.15, 0.2) is 0 Å². The van der Waals surface area contributed by atoms with Crippen LogP contribution in [-0.4, -0.2) is 32.1 Å². The second-order valence-electron chi connectivity index (χ2n) is 5.70. The number of nitrogens with two attached hydrogens (primary N) is 1. The van der Waals surface area contributed by atoms with Gasteiger partial charge in [0.2, 0.25) is 11.1 Å². The summed E-state index contributed by atoms with van der Waals surface area (Å²) in [7, 11) is 0. The summed E-state index contributed by atoms with van der Waals surface area (Å²) in [6.45, 7) is 5.10. The van der Waals surface area contributed by atoms with E-state index in [9.17, 15) is 22.8 Å². The molecule has 1 aromatic carbocycles. The number of carbonyl (C=O) groups is 2. The highest BCUT2D eigenvalue weighted by Crippen LogP contribution is 2.30. The highest BCUT2D eigenvalue weighted by Gasteiger charge is 2.38. The van der Waals surface area contributed by atoms with E-state index in [0.717, 1.165) is 11.1 Å². The highest BCUT2D eigenvalue weighted by molar-refractivity contribution is 8.00. The van der Waals surface area contributed by atoms with Crippen LogP contribution >= 0.6 is 11.8 Å². The summed E-state index contributed by atoms with van der Waals surface area (Å²) in [6.07, 6.45) is -4.77. The summed E-state index contributed by atoms with van der Waals surface area (Å²) in [6, 6.07) is 4.60. The molecule has 1 heterocycles. The van der Waals surface area contributed by atoms with Crippen molar-refractivity contribution in [2.24, 2.45) is 0 Å². The van der Waals surface area contributed by atoms with E-state index in [-0.39, 0.29) is 9.83 Å². The van der Waals surface area contributed by atoms with Crippen molar-refractivity contribution in [3.63, 3.8) is 0 Å². The van der Waals surface area contributed by atoms with Gasteiger partial charge in [-0.2, -0.15) is 13.2 Å². The van der Waals surface area contributed by atoms with Crippen LogP contribution in [0.1, 0.15) is 23.9 Å². The molecule has 4 N–H and O–H groups in total. The molecule has 0 fully saturated rings. The summed E-state index contributed by atoms with van der Waals surface area (Å²) in [5, 5.41) is 9.69. The molecule has 0 radical (unpaired) electrons. The molecule has 0 aliphatic carbocycles. The molecule has 1 aromatic heterocycles. The lowest BCUT2D eigenvalue weighted by molar-refractivity contribution is -0.146. The van der Waals surface area contributed by atoms with Gasteiger partial charge in [-0.1, -0.05) is 29.5 Å². The Labute approximate surface area is 156 Å². The fourth-order valence-electron chi connectivity index (χ4n) is 2.08. The largest absolute Gasteiger partial charge is 0.453 e. The minimum atomic E-state index is -4.77. The van der Waals surface area contributed by atoms with Crippen LogP contribution in [0.4, 0.5) is 23.7 Å². The van der Waals surface area contributed by atoms with E-state index < -0.39 is 29.2 Å². The predicted octanol–water partition coefficient (Wildman–Crippen LogP) is 2.46. The maximum atomic E-state index is 12.6. The molecule has 0 bridgehead atoms. The smallest absolute Gasteiger partial charge is 0.335 e. The van der Waals surface area contributed by atoms with Gasteiger partial charge in [-0.15, -0.1) is 10.2 Å². The van der Waals surface area contributed by atoms with Gasteiger partial charge < -0.3 is 11.2 Å². The molecule has 146 valence electrons. The molecule has 2 rings (SSSR count). The van der Waals surface area contributed by atoms with E-state index in [0.29, 0.717) is 17.4 Å². The maximum Gasteiger partial charge on any atom is 0.453 e. The van der Waals surface area contributed by atoms with Crippen LogP contribution in [0.25, 0.3) is 0 Å². The van der Waals surface area contributed by atoms with Crippen LogP contribution in [-0.2, 0) is 11.0 Å². The van der Waals surface area contributed by atoms with Gasteiger partial charge in [0, 0.05) is 5.69 Å². The number of carbonyl (C=O) groups excluding carboxylic acids is 2. The van der Waals surface area contributed by atoms with Gasteiger partial charge >= 0.3 is 12.2 Å². The molecule has 0 aliphatic rings. The minimum Gasteiger partial charge on any atom is -0.335 e. The number of benzene rings is 1. The van der Waals surface area contributed by atoms with E-state index in [4.69, 9.17) is 5.84 Å². The topological polar surface area (TPSA) is 115 Å². The number of hydrogen-bond donors (Lipinski definition) is 3. The number of nitrogen functional groups attached to an aromatic ring is 1. The number of imide groups is 1. The number of anilines is 1. The van der Waals surface area contributed by atoms with E-state index in [1.165, 1.54) is 6.92 Å². The normalized spacial score (nSPS) is 12.5. The molecule has 27 heavy (non-hydrogen) atoms. The fourth-order valence-corrected chi connectivity index (χ4v) is 2.85. The number of thioether (sulfide) groups is 1. The Bertz CT molecular complexity index is 868. The Kier molecular flexibility index (Phi) is 5.98. The Morgan fingerprint density at radius 1 is 1.26 bits per heavy atom. The monoisotopic (exact) mass is 402 g/mol.